The molecule has 0 radical (unpaired) electrons. The highest BCUT2D eigenvalue weighted by Crippen LogP contribution is 2.26. The number of rotatable bonds is 1. The van der Waals surface area contributed by atoms with Crippen LogP contribution in [0.25, 0.3) is 0 Å². The summed E-state index contributed by atoms with van der Waals surface area (Å²) in [4.78, 5) is 24.2. The molecule has 2 aliphatic heterocycles. The molecule has 0 atom stereocenters. The number of piperazine rings is 1. The average Bonchev–Trinajstić information content (AvgIpc) is 2.66. The first-order chi connectivity index (χ1) is 8.25. The normalized spacial score (nSPS) is 19.7. The van der Waals surface area contributed by atoms with Crippen LogP contribution in [0.4, 0.5) is 11.8 Å². The van der Waals surface area contributed by atoms with E-state index in [2.05, 4.69) is 20.2 Å². The Morgan fingerprint density at radius 3 is 2.88 bits per heavy atom. The molecule has 1 fully saturated rings. The second-order valence-electron chi connectivity index (χ2n) is 4.39. The van der Waals surface area contributed by atoms with Crippen LogP contribution in [-0.2, 0) is 11.2 Å². The van der Waals surface area contributed by atoms with E-state index < -0.39 is 0 Å². The molecule has 6 heteroatoms. The number of nitrogens with one attached hydrogen (secondary N) is 1. The first-order valence-corrected chi connectivity index (χ1v) is 5.84. The number of hydrogen-bond acceptors (Lipinski definition) is 5. The molecule has 1 saturated heterocycles. The molecule has 90 valence electrons. The van der Waals surface area contributed by atoms with Gasteiger partial charge in [0, 0.05) is 45.0 Å². The molecule has 0 spiro atoms. The summed E-state index contributed by atoms with van der Waals surface area (Å²) < 4.78 is 0. The zero-order chi connectivity index (χ0) is 11.8. The predicted molar refractivity (Wildman–Crippen MR) is 64.2 cm³/mol. The van der Waals surface area contributed by atoms with Crippen LogP contribution in [0, 0.1) is 0 Å². The average molecular weight is 233 g/mol. The van der Waals surface area contributed by atoms with E-state index in [9.17, 15) is 4.79 Å². The number of likely N-dealkylation sites (N-methyl/N-ethyl adjacent to an activating group) is 1. The summed E-state index contributed by atoms with van der Waals surface area (Å²) >= 11 is 0. The van der Waals surface area contributed by atoms with Gasteiger partial charge >= 0.3 is 0 Å². The van der Waals surface area contributed by atoms with Crippen LogP contribution in [0.15, 0.2) is 6.20 Å². The van der Waals surface area contributed by atoms with Gasteiger partial charge in [-0.15, -0.1) is 0 Å². The molecule has 1 aromatic rings. The largest absolute Gasteiger partial charge is 0.338 e. The zero-order valence-electron chi connectivity index (χ0n) is 9.81. The van der Waals surface area contributed by atoms with Gasteiger partial charge in [0.25, 0.3) is 0 Å². The standard InChI is InChI=1S/C11H15N5O/c1-15-9(17)6-8-7-13-11(14-10(8)15)16-4-2-12-3-5-16/h7,12H,2-6H2,1H3. The number of aromatic nitrogens is 2. The van der Waals surface area contributed by atoms with E-state index in [-0.39, 0.29) is 5.91 Å². The van der Waals surface area contributed by atoms with Crippen LogP contribution in [0.5, 0.6) is 0 Å². The summed E-state index contributed by atoms with van der Waals surface area (Å²) in [5, 5.41) is 3.29. The van der Waals surface area contributed by atoms with Gasteiger partial charge in [0.2, 0.25) is 11.9 Å². The first-order valence-electron chi connectivity index (χ1n) is 5.84. The molecule has 1 amide bonds. The van der Waals surface area contributed by atoms with Gasteiger partial charge in [0.05, 0.1) is 6.42 Å². The number of nitrogens with zero attached hydrogens (tertiary/aromatic N) is 4. The topological polar surface area (TPSA) is 61.4 Å². The first kappa shape index (κ1) is 10.5. The molecule has 6 nitrogen and oxygen atoms in total. The van der Waals surface area contributed by atoms with Crippen molar-refractivity contribution in [1.82, 2.24) is 15.3 Å². The Bertz CT molecular complexity index is 455. The van der Waals surface area contributed by atoms with Crippen molar-refractivity contribution in [3.05, 3.63) is 11.8 Å². The molecule has 0 bridgehead atoms. The maximum absolute atomic E-state index is 11.6. The molecule has 0 saturated carbocycles. The number of carbonyl (C=O) groups is 1. The minimum Gasteiger partial charge on any atom is -0.338 e. The second kappa shape index (κ2) is 3.96. The Labute approximate surface area is 99.6 Å². The molecule has 3 heterocycles. The molecule has 0 aromatic carbocycles. The van der Waals surface area contributed by atoms with Gasteiger partial charge in [-0.05, 0) is 0 Å². The van der Waals surface area contributed by atoms with Crippen molar-refractivity contribution in [3.8, 4) is 0 Å². The lowest BCUT2D eigenvalue weighted by Crippen LogP contribution is -2.44. The lowest BCUT2D eigenvalue weighted by molar-refractivity contribution is -0.117. The van der Waals surface area contributed by atoms with E-state index in [1.165, 1.54) is 0 Å². The monoisotopic (exact) mass is 233 g/mol. The lowest BCUT2D eigenvalue weighted by Gasteiger charge is -2.27. The van der Waals surface area contributed by atoms with Crippen LogP contribution in [-0.4, -0.2) is 49.1 Å². The van der Waals surface area contributed by atoms with Crippen molar-refractivity contribution < 1.29 is 4.79 Å². The van der Waals surface area contributed by atoms with Crippen LogP contribution in [0.2, 0.25) is 0 Å². The van der Waals surface area contributed by atoms with Crippen molar-refractivity contribution in [1.29, 1.82) is 0 Å². The fourth-order valence-electron chi connectivity index (χ4n) is 2.22. The van der Waals surface area contributed by atoms with Crippen molar-refractivity contribution in [2.24, 2.45) is 0 Å². The number of hydrogen-bond donors (Lipinski definition) is 1. The van der Waals surface area contributed by atoms with Gasteiger partial charge in [-0.25, -0.2) is 4.98 Å². The maximum atomic E-state index is 11.6. The number of carbonyl (C=O) groups excluding carboxylic acids is 1. The summed E-state index contributed by atoms with van der Waals surface area (Å²) in [5.74, 6) is 1.58. The molecule has 1 N–H and O–H groups in total. The van der Waals surface area contributed by atoms with Crippen molar-refractivity contribution in [2.45, 2.75) is 6.42 Å². The summed E-state index contributed by atoms with van der Waals surface area (Å²) in [6.07, 6.45) is 2.20. The van der Waals surface area contributed by atoms with Gasteiger partial charge < -0.3 is 10.2 Å². The van der Waals surface area contributed by atoms with Gasteiger partial charge in [-0.3, -0.25) is 9.69 Å². The zero-order valence-corrected chi connectivity index (χ0v) is 9.81. The van der Waals surface area contributed by atoms with Crippen LogP contribution >= 0.6 is 0 Å². The van der Waals surface area contributed by atoms with Gasteiger partial charge in [0.15, 0.2) is 0 Å². The van der Waals surface area contributed by atoms with Crippen LogP contribution < -0.4 is 15.1 Å². The van der Waals surface area contributed by atoms with Gasteiger partial charge in [-0.2, -0.15) is 4.98 Å². The highest BCUT2D eigenvalue weighted by molar-refractivity contribution is 5.99. The Morgan fingerprint density at radius 2 is 2.12 bits per heavy atom. The highest BCUT2D eigenvalue weighted by atomic mass is 16.2. The number of amides is 1. The molecule has 2 aliphatic rings. The molecular formula is C11H15N5O. The summed E-state index contributed by atoms with van der Waals surface area (Å²) in [5.41, 5.74) is 0.927. The fraction of sp³-hybridized carbons (Fsp3) is 0.545. The quantitative estimate of drug-likeness (QED) is 0.702. The minimum absolute atomic E-state index is 0.0896. The van der Waals surface area contributed by atoms with Crippen molar-refractivity contribution in [2.75, 3.05) is 43.0 Å². The molecule has 0 aliphatic carbocycles. The maximum Gasteiger partial charge on any atom is 0.232 e. The SMILES string of the molecule is CN1C(=O)Cc2cnc(N3CCNCC3)nc21. The predicted octanol–water partition coefficient (Wildman–Crippen LogP) is -0.595. The third-order valence-corrected chi connectivity index (χ3v) is 3.26. The van der Waals surface area contributed by atoms with E-state index in [1.807, 2.05) is 0 Å². The molecule has 0 unspecified atom stereocenters. The minimum atomic E-state index is 0.0896. The summed E-state index contributed by atoms with van der Waals surface area (Å²) in [6.45, 7) is 3.73. The van der Waals surface area contributed by atoms with E-state index in [1.54, 1.807) is 18.1 Å². The van der Waals surface area contributed by atoms with E-state index in [0.29, 0.717) is 6.42 Å². The van der Waals surface area contributed by atoms with Crippen LogP contribution in [0.1, 0.15) is 5.56 Å². The van der Waals surface area contributed by atoms with E-state index in [4.69, 9.17) is 0 Å². The summed E-state index contributed by atoms with van der Waals surface area (Å²) in [7, 11) is 1.77. The molecule has 1 aromatic heterocycles. The van der Waals surface area contributed by atoms with E-state index >= 15 is 0 Å². The smallest absolute Gasteiger partial charge is 0.232 e. The Morgan fingerprint density at radius 1 is 1.35 bits per heavy atom. The molecule has 3 rings (SSSR count). The Balaban J connectivity index is 1.91. The van der Waals surface area contributed by atoms with Gasteiger partial charge in [-0.1, -0.05) is 0 Å². The van der Waals surface area contributed by atoms with Crippen molar-refractivity contribution in [3.63, 3.8) is 0 Å². The number of fused-ring (bicyclic) bond motifs is 1. The summed E-state index contributed by atoms with van der Waals surface area (Å²) in [6, 6.07) is 0. The molecular weight excluding hydrogens is 218 g/mol. The third kappa shape index (κ3) is 1.74. The molecule has 17 heavy (non-hydrogen) atoms. The lowest BCUT2D eigenvalue weighted by atomic mass is 10.3. The Kier molecular flexibility index (Phi) is 2.44. The highest BCUT2D eigenvalue weighted by Gasteiger charge is 2.27. The third-order valence-electron chi connectivity index (χ3n) is 3.26. The Hall–Kier alpha value is -1.69. The van der Waals surface area contributed by atoms with Gasteiger partial charge in [0.1, 0.15) is 5.82 Å². The van der Waals surface area contributed by atoms with Crippen LogP contribution in [0.3, 0.4) is 0 Å². The van der Waals surface area contributed by atoms with Crippen molar-refractivity contribution >= 4 is 17.7 Å². The van der Waals surface area contributed by atoms with E-state index in [0.717, 1.165) is 43.5 Å². The number of anilines is 2. The fourth-order valence-corrected chi connectivity index (χ4v) is 2.22. The second-order valence-corrected chi connectivity index (χ2v) is 4.39.